The summed E-state index contributed by atoms with van der Waals surface area (Å²) in [5.74, 6) is 0.483. The van der Waals surface area contributed by atoms with Crippen LogP contribution >= 0.6 is 0 Å². The zero-order valence-electron chi connectivity index (χ0n) is 16.5. The van der Waals surface area contributed by atoms with E-state index >= 15 is 0 Å². The summed E-state index contributed by atoms with van der Waals surface area (Å²) in [4.78, 5) is 31.1. The number of hydrogen-bond acceptors (Lipinski definition) is 5. The van der Waals surface area contributed by atoms with Crippen molar-refractivity contribution in [2.75, 3.05) is 17.3 Å². The molecule has 0 unspecified atom stereocenters. The Balaban J connectivity index is 1.51. The molecule has 2 heterocycles. The minimum Gasteiger partial charge on any atom is -0.343 e. The lowest BCUT2D eigenvalue weighted by Gasteiger charge is -2.19. The van der Waals surface area contributed by atoms with Crippen LogP contribution in [0.3, 0.4) is 0 Å². The summed E-state index contributed by atoms with van der Waals surface area (Å²) >= 11 is 0. The zero-order chi connectivity index (χ0) is 20.4. The normalized spacial score (nSPS) is 11.0. The van der Waals surface area contributed by atoms with Gasteiger partial charge in [-0.3, -0.25) is 9.78 Å². The molecule has 0 fully saturated rings. The fourth-order valence-corrected chi connectivity index (χ4v) is 2.88. The van der Waals surface area contributed by atoms with Gasteiger partial charge in [-0.25, -0.2) is 9.97 Å². The van der Waals surface area contributed by atoms with Crippen molar-refractivity contribution in [3.63, 3.8) is 0 Å². The van der Waals surface area contributed by atoms with Gasteiger partial charge in [-0.2, -0.15) is 0 Å². The van der Waals surface area contributed by atoms with Crippen molar-refractivity contribution in [2.24, 2.45) is 0 Å². The summed E-state index contributed by atoms with van der Waals surface area (Å²) in [6.07, 6.45) is 3.10. The van der Waals surface area contributed by atoms with Gasteiger partial charge in [0.25, 0.3) is 5.91 Å². The van der Waals surface area contributed by atoms with Crippen molar-refractivity contribution in [3.05, 3.63) is 66.6 Å². The number of imidazole rings is 1. The van der Waals surface area contributed by atoms with E-state index in [4.69, 9.17) is 0 Å². The molecule has 4 rings (SSSR count). The average molecular weight is 386 g/mol. The Kier molecular flexibility index (Phi) is 4.95. The maximum Gasteiger partial charge on any atom is 0.275 e. The van der Waals surface area contributed by atoms with Crippen LogP contribution in [0.15, 0.2) is 60.9 Å². The molecule has 29 heavy (non-hydrogen) atoms. The monoisotopic (exact) mass is 386 g/mol. The highest BCUT2D eigenvalue weighted by Crippen LogP contribution is 2.22. The highest BCUT2D eigenvalue weighted by molar-refractivity contribution is 6.03. The van der Waals surface area contributed by atoms with E-state index in [-0.39, 0.29) is 11.6 Å². The lowest BCUT2D eigenvalue weighted by molar-refractivity contribution is 0.102. The van der Waals surface area contributed by atoms with Gasteiger partial charge >= 0.3 is 0 Å². The molecule has 0 saturated carbocycles. The van der Waals surface area contributed by atoms with Crippen molar-refractivity contribution < 1.29 is 4.79 Å². The van der Waals surface area contributed by atoms with E-state index < -0.39 is 0 Å². The van der Waals surface area contributed by atoms with Gasteiger partial charge in [0.2, 0.25) is 5.95 Å². The molecular weight excluding hydrogens is 364 g/mol. The number of carbonyl (C=O) groups excluding carboxylic acids is 1. The minimum absolute atomic E-state index is 0.259. The molecule has 0 aliphatic heterocycles. The van der Waals surface area contributed by atoms with Gasteiger partial charge in [-0.15, -0.1) is 0 Å². The van der Waals surface area contributed by atoms with Gasteiger partial charge in [0.15, 0.2) is 0 Å². The van der Waals surface area contributed by atoms with E-state index in [1.165, 1.54) is 6.20 Å². The van der Waals surface area contributed by atoms with Crippen LogP contribution < -0.4 is 10.2 Å². The SMILES string of the molecule is CC(C)N(C)c1nc2ccc(NC(=O)c3cnc(-c4ccccc4)cn3)cc2[nH]1. The average Bonchev–Trinajstić information content (AvgIpc) is 3.17. The maximum atomic E-state index is 12.6. The molecule has 4 aromatic rings. The van der Waals surface area contributed by atoms with Crippen LogP contribution in [0.1, 0.15) is 24.3 Å². The first kappa shape index (κ1) is 18.6. The number of rotatable bonds is 5. The number of H-pyrrole nitrogens is 1. The van der Waals surface area contributed by atoms with Crippen LogP contribution in [0.2, 0.25) is 0 Å². The molecule has 146 valence electrons. The van der Waals surface area contributed by atoms with Crippen molar-refractivity contribution in [2.45, 2.75) is 19.9 Å². The highest BCUT2D eigenvalue weighted by atomic mass is 16.1. The number of fused-ring (bicyclic) bond motifs is 1. The first-order valence-corrected chi connectivity index (χ1v) is 9.42. The summed E-state index contributed by atoms with van der Waals surface area (Å²) in [5.41, 5.74) is 4.31. The molecule has 7 nitrogen and oxygen atoms in total. The third kappa shape index (κ3) is 3.94. The predicted octanol–water partition coefficient (Wildman–Crippen LogP) is 4.12. The van der Waals surface area contributed by atoms with E-state index in [9.17, 15) is 4.79 Å². The molecule has 0 spiro atoms. The minimum atomic E-state index is -0.310. The Bertz CT molecular complexity index is 1140. The first-order valence-electron chi connectivity index (χ1n) is 9.42. The van der Waals surface area contributed by atoms with Crippen molar-refractivity contribution in [1.82, 2.24) is 19.9 Å². The van der Waals surface area contributed by atoms with Gasteiger partial charge < -0.3 is 15.2 Å². The number of aromatic nitrogens is 4. The predicted molar refractivity (Wildman–Crippen MR) is 115 cm³/mol. The van der Waals surface area contributed by atoms with Gasteiger partial charge in [0, 0.05) is 24.3 Å². The molecule has 0 radical (unpaired) electrons. The fourth-order valence-electron chi connectivity index (χ4n) is 2.88. The third-order valence-electron chi connectivity index (χ3n) is 4.79. The largest absolute Gasteiger partial charge is 0.343 e. The molecule has 0 aliphatic rings. The number of aromatic amines is 1. The lowest BCUT2D eigenvalue weighted by atomic mass is 10.2. The van der Waals surface area contributed by atoms with Gasteiger partial charge in [-0.05, 0) is 32.0 Å². The molecule has 1 amide bonds. The van der Waals surface area contributed by atoms with E-state index in [0.717, 1.165) is 28.2 Å². The molecule has 2 aromatic carbocycles. The number of nitrogens with zero attached hydrogens (tertiary/aromatic N) is 4. The number of benzene rings is 2. The first-order chi connectivity index (χ1) is 14.0. The van der Waals surface area contributed by atoms with Crippen LogP contribution in [0, 0.1) is 0 Å². The summed E-state index contributed by atoms with van der Waals surface area (Å²) in [6.45, 7) is 4.20. The molecule has 0 atom stereocenters. The van der Waals surface area contributed by atoms with Crippen LogP contribution in [0.25, 0.3) is 22.3 Å². The second-order valence-corrected chi connectivity index (χ2v) is 7.10. The maximum absolute atomic E-state index is 12.6. The summed E-state index contributed by atoms with van der Waals surface area (Å²) in [5, 5.41) is 2.87. The second kappa shape index (κ2) is 7.71. The zero-order valence-corrected chi connectivity index (χ0v) is 16.5. The Morgan fingerprint density at radius 1 is 1.07 bits per heavy atom. The van der Waals surface area contributed by atoms with E-state index in [1.807, 2.05) is 55.6 Å². The molecule has 0 bridgehead atoms. The summed E-state index contributed by atoms with van der Waals surface area (Å²) in [6, 6.07) is 15.6. The fraction of sp³-hybridized carbons (Fsp3) is 0.182. The number of amides is 1. The second-order valence-electron chi connectivity index (χ2n) is 7.10. The van der Waals surface area contributed by atoms with Crippen LogP contribution in [0.5, 0.6) is 0 Å². The Morgan fingerprint density at radius 2 is 1.86 bits per heavy atom. The van der Waals surface area contributed by atoms with E-state index in [1.54, 1.807) is 6.20 Å². The van der Waals surface area contributed by atoms with Crippen LogP contribution in [-0.4, -0.2) is 38.9 Å². The van der Waals surface area contributed by atoms with Gasteiger partial charge in [-0.1, -0.05) is 30.3 Å². The molecular formula is C22H22N6O. The Hall–Kier alpha value is -3.74. The quantitative estimate of drug-likeness (QED) is 0.539. The molecule has 2 N–H and O–H groups in total. The Morgan fingerprint density at radius 3 is 2.55 bits per heavy atom. The summed E-state index contributed by atoms with van der Waals surface area (Å²) < 4.78 is 0. The Labute approximate surface area is 168 Å². The number of nitrogens with one attached hydrogen (secondary N) is 2. The van der Waals surface area contributed by atoms with E-state index in [2.05, 4.69) is 44.0 Å². The van der Waals surface area contributed by atoms with Crippen molar-refractivity contribution >= 4 is 28.6 Å². The number of carbonyl (C=O) groups is 1. The highest BCUT2D eigenvalue weighted by Gasteiger charge is 2.13. The smallest absolute Gasteiger partial charge is 0.275 e. The number of anilines is 2. The van der Waals surface area contributed by atoms with E-state index in [0.29, 0.717) is 11.7 Å². The van der Waals surface area contributed by atoms with Gasteiger partial charge in [0.1, 0.15) is 5.69 Å². The number of hydrogen-bond donors (Lipinski definition) is 2. The topological polar surface area (TPSA) is 86.8 Å². The third-order valence-corrected chi connectivity index (χ3v) is 4.79. The van der Waals surface area contributed by atoms with Crippen LogP contribution in [-0.2, 0) is 0 Å². The van der Waals surface area contributed by atoms with Crippen molar-refractivity contribution in [3.8, 4) is 11.3 Å². The molecule has 7 heteroatoms. The molecule has 0 aliphatic carbocycles. The van der Waals surface area contributed by atoms with Crippen molar-refractivity contribution in [1.29, 1.82) is 0 Å². The van der Waals surface area contributed by atoms with Gasteiger partial charge in [0.05, 0.1) is 29.1 Å². The molecule has 0 saturated heterocycles. The molecule has 2 aromatic heterocycles. The van der Waals surface area contributed by atoms with Crippen LogP contribution in [0.4, 0.5) is 11.6 Å². The summed E-state index contributed by atoms with van der Waals surface area (Å²) in [7, 11) is 1.99. The lowest BCUT2D eigenvalue weighted by Crippen LogP contribution is -2.26. The standard InChI is InChI=1S/C22H22N6O/c1-14(2)28(3)22-26-17-10-9-16(11-18(17)27-22)25-21(29)20-13-23-19(12-24-20)15-7-5-4-6-8-15/h4-14H,1-3H3,(H,25,29)(H,26,27).